The van der Waals surface area contributed by atoms with E-state index in [0.717, 1.165) is 48.5 Å². The standard InChI is InChI=1S/C19H16F3N/c20-19(21,22)18-10-8-17(9-11-18)16-6-4-15(5-7-16)3-1-12-23-13-2-14-23/h4-11H,2,12-14H2. The number of hydrogen-bond donors (Lipinski definition) is 0. The minimum Gasteiger partial charge on any atom is -0.292 e. The number of hydrogen-bond acceptors (Lipinski definition) is 1. The molecular formula is C19H16F3N. The normalized spacial score (nSPS) is 14.7. The first-order chi connectivity index (χ1) is 11.0. The molecule has 23 heavy (non-hydrogen) atoms. The molecule has 118 valence electrons. The number of rotatable bonds is 2. The van der Waals surface area contributed by atoms with Crippen molar-refractivity contribution in [3.05, 3.63) is 59.7 Å². The second-order valence-corrected chi connectivity index (χ2v) is 5.58. The van der Waals surface area contributed by atoms with Crippen molar-refractivity contribution in [2.75, 3.05) is 19.6 Å². The third-order valence-corrected chi connectivity index (χ3v) is 3.91. The molecule has 1 aliphatic rings. The lowest BCUT2D eigenvalue weighted by molar-refractivity contribution is -0.137. The van der Waals surface area contributed by atoms with Crippen LogP contribution >= 0.6 is 0 Å². The van der Waals surface area contributed by atoms with Crippen LogP contribution in [0, 0.1) is 11.8 Å². The lowest BCUT2D eigenvalue weighted by Gasteiger charge is -2.28. The predicted molar refractivity (Wildman–Crippen MR) is 84.8 cm³/mol. The van der Waals surface area contributed by atoms with Gasteiger partial charge >= 0.3 is 6.18 Å². The number of alkyl halides is 3. The summed E-state index contributed by atoms with van der Waals surface area (Å²) in [5.41, 5.74) is 1.93. The van der Waals surface area contributed by atoms with Crippen LogP contribution in [0.5, 0.6) is 0 Å². The van der Waals surface area contributed by atoms with Crippen LogP contribution in [0.2, 0.25) is 0 Å². The molecule has 0 aliphatic carbocycles. The smallest absolute Gasteiger partial charge is 0.292 e. The van der Waals surface area contributed by atoms with Gasteiger partial charge in [-0.05, 0) is 41.8 Å². The average molecular weight is 315 g/mol. The van der Waals surface area contributed by atoms with Crippen LogP contribution in [0.25, 0.3) is 11.1 Å². The van der Waals surface area contributed by atoms with Gasteiger partial charge in [-0.3, -0.25) is 4.90 Å². The zero-order chi connectivity index (χ0) is 16.3. The summed E-state index contributed by atoms with van der Waals surface area (Å²) in [6.07, 6.45) is -3.04. The van der Waals surface area contributed by atoms with Gasteiger partial charge in [0.05, 0.1) is 12.1 Å². The third kappa shape index (κ3) is 3.94. The lowest BCUT2D eigenvalue weighted by Crippen LogP contribution is -2.37. The Kier molecular flexibility index (Phi) is 4.40. The monoisotopic (exact) mass is 315 g/mol. The molecule has 0 amide bonds. The predicted octanol–water partition coefficient (Wildman–Crippen LogP) is 4.43. The van der Waals surface area contributed by atoms with E-state index < -0.39 is 11.7 Å². The summed E-state index contributed by atoms with van der Waals surface area (Å²) in [7, 11) is 0. The molecule has 0 N–H and O–H groups in total. The van der Waals surface area contributed by atoms with Crippen LogP contribution in [-0.2, 0) is 6.18 Å². The number of halogens is 3. The van der Waals surface area contributed by atoms with Crippen molar-refractivity contribution in [3.63, 3.8) is 0 Å². The molecule has 0 radical (unpaired) electrons. The van der Waals surface area contributed by atoms with E-state index in [9.17, 15) is 13.2 Å². The van der Waals surface area contributed by atoms with Gasteiger partial charge in [0.15, 0.2) is 0 Å². The summed E-state index contributed by atoms with van der Waals surface area (Å²) in [4.78, 5) is 2.28. The van der Waals surface area contributed by atoms with E-state index in [1.807, 2.05) is 24.3 Å². The molecule has 0 atom stereocenters. The van der Waals surface area contributed by atoms with E-state index in [4.69, 9.17) is 0 Å². The van der Waals surface area contributed by atoms with Gasteiger partial charge in [0.2, 0.25) is 0 Å². The van der Waals surface area contributed by atoms with E-state index in [1.54, 1.807) is 0 Å². The molecular weight excluding hydrogens is 299 g/mol. The van der Waals surface area contributed by atoms with E-state index in [1.165, 1.54) is 18.6 Å². The average Bonchev–Trinajstić information content (AvgIpc) is 2.50. The maximum Gasteiger partial charge on any atom is 0.416 e. The molecule has 1 aliphatic heterocycles. The molecule has 1 heterocycles. The number of likely N-dealkylation sites (tertiary alicyclic amines) is 1. The van der Waals surface area contributed by atoms with Gasteiger partial charge in [0.1, 0.15) is 0 Å². The molecule has 3 rings (SSSR count). The Bertz CT molecular complexity index is 714. The second-order valence-electron chi connectivity index (χ2n) is 5.58. The molecule has 4 heteroatoms. The van der Waals surface area contributed by atoms with Crippen LogP contribution < -0.4 is 0 Å². The topological polar surface area (TPSA) is 3.24 Å². The number of nitrogens with zero attached hydrogens (tertiary/aromatic N) is 1. The molecule has 2 aromatic carbocycles. The maximum absolute atomic E-state index is 12.6. The van der Waals surface area contributed by atoms with Gasteiger partial charge in [0, 0.05) is 18.7 Å². The summed E-state index contributed by atoms with van der Waals surface area (Å²) >= 11 is 0. The van der Waals surface area contributed by atoms with Crippen molar-refractivity contribution < 1.29 is 13.2 Å². The molecule has 0 unspecified atom stereocenters. The minimum atomic E-state index is -4.30. The van der Waals surface area contributed by atoms with Gasteiger partial charge in [-0.2, -0.15) is 13.2 Å². The van der Waals surface area contributed by atoms with E-state index in [-0.39, 0.29) is 0 Å². The largest absolute Gasteiger partial charge is 0.416 e. The van der Waals surface area contributed by atoms with E-state index in [0.29, 0.717) is 0 Å². The Labute approximate surface area is 133 Å². The quantitative estimate of drug-likeness (QED) is 0.741. The fourth-order valence-corrected chi connectivity index (χ4v) is 2.39. The van der Waals surface area contributed by atoms with Crippen LogP contribution in [0.3, 0.4) is 0 Å². The molecule has 1 fully saturated rings. The van der Waals surface area contributed by atoms with Crippen LogP contribution in [0.1, 0.15) is 17.5 Å². The van der Waals surface area contributed by atoms with Crippen LogP contribution in [0.4, 0.5) is 13.2 Å². The summed E-state index contributed by atoms with van der Waals surface area (Å²) in [5, 5.41) is 0. The van der Waals surface area contributed by atoms with Crippen molar-refractivity contribution in [2.24, 2.45) is 0 Å². The van der Waals surface area contributed by atoms with Crippen molar-refractivity contribution in [1.82, 2.24) is 4.90 Å². The summed E-state index contributed by atoms with van der Waals surface area (Å²) in [5.74, 6) is 6.25. The highest BCUT2D eigenvalue weighted by Crippen LogP contribution is 2.30. The van der Waals surface area contributed by atoms with Gasteiger partial charge in [-0.25, -0.2) is 0 Å². The lowest BCUT2D eigenvalue weighted by atomic mass is 10.0. The fourth-order valence-electron chi connectivity index (χ4n) is 2.39. The molecule has 1 saturated heterocycles. The van der Waals surface area contributed by atoms with Crippen LogP contribution in [0.15, 0.2) is 48.5 Å². The zero-order valence-corrected chi connectivity index (χ0v) is 12.5. The van der Waals surface area contributed by atoms with E-state index in [2.05, 4.69) is 16.7 Å². The van der Waals surface area contributed by atoms with Crippen molar-refractivity contribution >= 4 is 0 Å². The first kappa shape index (κ1) is 15.6. The van der Waals surface area contributed by atoms with Crippen molar-refractivity contribution in [2.45, 2.75) is 12.6 Å². The number of benzene rings is 2. The zero-order valence-electron chi connectivity index (χ0n) is 12.5. The first-order valence-corrected chi connectivity index (χ1v) is 7.51. The SMILES string of the molecule is FC(F)(F)c1ccc(-c2ccc(C#CCN3CCC3)cc2)cc1. The van der Waals surface area contributed by atoms with Crippen LogP contribution in [-0.4, -0.2) is 24.5 Å². The molecule has 0 bridgehead atoms. The maximum atomic E-state index is 12.6. The Hall–Kier alpha value is -2.25. The molecule has 2 aromatic rings. The highest BCUT2D eigenvalue weighted by Gasteiger charge is 2.29. The minimum absolute atomic E-state index is 0.630. The molecule has 1 nitrogen and oxygen atoms in total. The first-order valence-electron chi connectivity index (χ1n) is 7.51. The Balaban J connectivity index is 1.69. The Morgan fingerprint density at radius 3 is 1.91 bits per heavy atom. The summed E-state index contributed by atoms with van der Waals surface area (Å²) in [6.45, 7) is 3.05. The van der Waals surface area contributed by atoms with Crippen molar-refractivity contribution in [1.29, 1.82) is 0 Å². The highest BCUT2D eigenvalue weighted by molar-refractivity contribution is 5.64. The molecule has 0 spiro atoms. The van der Waals surface area contributed by atoms with Gasteiger partial charge in [-0.15, -0.1) is 0 Å². The Morgan fingerprint density at radius 2 is 1.43 bits per heavy atom. The van der Waals surface area contributed by atoms with Gasteiger partial charge in [-0.1, -0.05) is 36.1 Å². The van der Waals surface area contributed by atoms with Crippen molar-refractivity contribution in [3.8, 4) is 23.0 Å². The second kappa shape index (κ2) is 6.47. The summed E-state index contributed by atoms with van der Waals surface area (Å²) in [6, 6.07) is 12.8. The summed E-state index contributed by atoms with van der Waals surface area (Å²) < 4.78 is 37.7. The highest BCUT2D eigenvalue weighted by atomic mass is 19.4. The third-order valence-electron chi connectivity index (χ3n) is 3.91. The van der Waals surface area contributed by atoms with E-state index >= 15 is 0 Å². The molecule has 0 saturated carbocycles. The van der Waals surface area contributed by atoms with Gasteiger partial charge in [0.25, 0.3) is 0 Å². The Morgan fingerprint density at radius 1 is 0.870 bits per heavy atom. The fraction of sp³-hybridized carbons (Fsp3) is 0.263. The van der Waals surface area contributed by atoms with Gasteiger partial charge < -0.3 is 0 Å². The molecule has 0 aromatic heterocycles.